The van der Waals surface area contributed by atoms with Crippen molar-refractivity contribution < 1.29 is 28.7 Å². The minimum atomic E-state index is -0.928. The number of nitrogens with zero attached hydrogens (tertiary/aromatic N) is 4. The highest BCUT2D eigenvalue weighted by Crippen LogP contribution is 2.36. The summed E-state index contributed by atoms with van der Waals surface area (Å²) < 4.78 is 9.55. The maximum Gasteiger partial charge on any atom is 0.407 e. The number of ether oxygens (including phenoxy) is 2. The smallest absolute Gasteiger partial charge is 0.407 e. The van der Waals surface area contributed by atoms with Crippen LogP contribution in [0.15, 0.2) is 91.0 Å². The number of rotatable bonds is 11. The largest absolute Gasteiger partial charge is 0.453 e. The Hall–Kier alpha value is -6.96. The number of carbonyl (C=O) groups is 4. The summed E-state index contributed by atoms with van der Waals surface area (Å²) in [5.41, 5.74) is 6.17. The molecule has 4 N–H and O–H groups in total. The fourth-order valence-corrected chi connectivity index (χ4v) is 8.38. The number of imidazole rings is 2. The molecular formula is C46H48N8O6. The number of benzene rings is 5. The average molecular weight is 809 g/mol. The van der Waals surface area contributed by atoms with Gasteiger partial charge in [-0.3, -0.25) is 9.59 Å². The summed E-state index contributed by atoms with van der Waals surface area (Å²) in [6.07, 6.45) is 0.994. The Bertz CT molecular complexity index is 2750. The predicted molar refractivity (Wildman–Crippen MR) is 230 cm³/mol. The van der Waals surface area contributed by atoms with E-state index in [1.807, 2.05) is 56.3 Å². The number of aromatic nitrogens is 4. The summed E-state index contributed by atoms with van der Waals surface area (Å²) in [6.45, 7) is 6.66. The minimum Gasteiger partial charge on any atom is -0.453 e. The lowest BCUT2D eigenvalue weighted by Crippen LogP contribution is -2.46. The molecule has 14 nitrogen and oxygen atoms in total. The molecule has 0 bridgehead atoms. The number of H-pyrrole nitrogens is 2. The van der Waals surface area contributed by atoms with Gasteiger partial charge in [0.15, 0.2) is 0 Å². The Morgan fingerprint density at radius 1 is 0.800 bits per heavy atom. The van der Waals surface area contributed by atoms with Crippen molar-refractivity contribution in [3.05, 3.63) is 108 Å². The van der Waals surface area contributed by atoms with Crippen LogP contribution in [0.3, 0.4) is 0 Å². The third-order valence-corrected chi connectivity index (χ3v) is 11.5. The van der Waals surface area contributed by atoms with E-state index in [0.29, 0.717) is 30.9 Å². The van der Waals surface area contributed by atoms with Gasteiger partial charge in [-0.2, -0.15) is 0 Å². The van der Waals surface area contributed by atoms with Crippen molar-refractivity contribution >= 4 is 67.6 Å². The first-order valence-corrected chi connectivity index (χ1v) is 20.3. The first-order valence-electron chi connectivity index (χ1n) is 20.3. The first kappa shape index (κ1) is 39.8. The van der Waals surface area contributed by atoms with Gasteiger partial charge in [-0.25, -0.2) is 19.6 Å². The standard InChI is InChI=1S/C46H48N8O6/c1-6-22-53(44(56)38(52-46(58)60-5)28-11-8-7-9-12-28)27(3)41-48-35-20-16-31-24-29(14-18-33(31)39(35)50-41)30-15-19-34-32(25-30)17-21-36-40(34)51-42(49-36)37-13-10-23-54(37)43(55)26(2)47-45(57)59-4/h7-9,11-12,14-21,24-27,37-38H,6,10,13,22-23H2,1-5H3,(H,47,57)(H,48,50)(H,49,51)(H,52,58). The Morgan fingerprint density at radius 3 is 2.05 bits per heavy atom. The van der Waals surface area contributed by atoms with Gasteiger partial charge in [0.1, 0.15) is 23.7 Å². The summed E-state index contributed by atoms with van der Waals surface area (Å²) in [7, 11) is 2.55. The van der Waals surface area contributed by atoms with Crippen LogP contribution in [0.1, 0.15) is 75.4 Å². The van der Waals surface area contributed by atoms with E-state index in [1.165, 1.54) is 14.2 Å². The lowest BCUT2D eigenvalue weighted by atomic mass is 9.98. The molecule has 4 amide bonds. The second-order valence-corrected chi connectivity index (χ2v) is 15.3. The Morgan fingerprint density at radius 2 is 1.42 bits per heavy atom. The zero-order chi connectivity index (χ0) is 42.1. The van der Waals surface area contributed by atoms with Gasteiger partial charge in [-0.05, 0) is 84.8 Å². The molecule has 1 saturated heterocycles. The van der Waals surface area contributed by atoms with E-state index in [9.17, 15) is 19.2 Å². The van der Waals surface area contributed by atoms with E-state index in [0.717, 1.165) is 73.4 Å². The zero-order valence-corrected chi connectivity index (χ0v) is 34.2. The molecule has 308 valence electrons. The van der Waals surface area contributed by atoms with Crippen LogP contribution in [0.4, 0.5) is 9.59 Å². The van der Waals surface area contributed by atoms with Gasteiger partial charge < -0.3 is 39.9 Å². The molecular weight excluding hydrogens is 761 g/mol. The number of hydrogen-bond donors (Lipinski definition) is 4. The normalized spacial score (nSPS) is 15.6. The molecule has 1 aliphatic rings. The number of amides is 4. The van der Waals surface area contributed by atoms with Crippen molar-refractivity contribution in [3.63, 3.8) is 0 Å². The Balaban J connectivity index is 1.05. The van der Waals surface area contributed by atoms with E-state index in [4.69, 9.17) is 14.7 Å². The molecule has 5 aromatic carbocycles. The molecule has 14 heteroatoms. The van der Waals surface area contributed by atoms with E-state index in [2.05, 4.69) is 73.9 Å². The van der Waals surface area contributed by atoms with E-state index >= 15 is 0 Å². The number of carbonyl (C=O) groups excluding carboxylic acids is 4. The molecule has 8 rings (SSSR count). The topological polar surface area (TPSA) is 175 Å². The number of fused-ring (bicyclic) bond motifs is 6. The zero-order valence-electron chi connectivity index (χ0n) is 34.2. The Labute approximate surface area is 346 Å². The molecule has 2 aromatic heterocycles. The summed E-state index contributed by atoms with van der Waals surface area (Å²) >= 11 is 0. The first-order chi connectivity index (χ1) is 29.1. The lowest BCUT2D eigenvalue weighted by Gasteiger charge is -2.31. The maximum atomic E-state index is 14.2. The van der Waals surface area contributed by atoms with Crippen molar-refractivity contribution in [1.29, 1.82) is 0 Å². The highest BCUT2D eigenvalue weighted by Gasteiger charge is 2.35. The van der Waals surface area contributed by atoms with Crippen molar-refractivity contribution in [2.45, 2.75) is 64.2 Å². The van der Waals surface area contributed by atoms with Crippen LogP contribution in [-0.2, 0) is 19.1 Å². The Kier molecular flexibility index (Phi) is 11.1. The molecule has 0 aliphatic carbocycles. The van der Waals surface area contributed by atoms with Crippen LogP contribution in [0.5, 0.6) is 0 Å². The van der Waals surface area contributed by atoms with Crippen molar-refractivity contribution in [3.8, 4) is 11.1 Å². The highest BCUT2D eigenvalue weighted by atomic mass is 16.5. The maximum absolute atomic E-state index is 14.2. The van der Waals surface area contributed by atoms with Crippen LogP contribution < -0.4 is 10.6 Å². The fraction of sp³-hybridized carbons (Fsp3) is 0.304. The van der Waals surface area contributed by atoms with Gasteiger partial charge in [0, 0.05) is 23.9 Å². The highest BCUT2D eigenvalue weighted by molar-refractivity contribution is 6.07. The second kappa shape index (κ2) is 16.7. The van der Waals surface area contributed by atoms with Crippen LogP contribution in [0.2, 0.25) is 0 Å². The van der Waals surface area contributed by atoms with Gasteiger partial charge in [0.05, 0.1) is 48.4 Å². The van der Waals surface area contributed by atoms with E-state index < -0.39 is 30.3 Å². The number of hydrogen-bond acceptors (Lipinski definition) is 8. The molecule has 60 heavy (non-hydrogen) atoms. The second-order valence-electron chi connectivity index (χ2n) is 15.3. The molecule has 0 saturated carbocycles. The van der Waals surface area contributed by atoms with Gasteiger partial charge in [-0.15, -0.1) is 0 Å². The molecule has 4 atom stereocenters. The van der Waals surface area contributed by atoms with E-state index in [-0.39, 0.29) is 17.9 Å². The molecule has 3 heterocycles. The number of likely N-dealkylation sites (tertiary alicyclic amines) is 1. The SMILES string of the molecule is CCCN(C(=O)C(NC(=O)OC)c1ccccc1)C(C)c1nc2c(ccc3cc(-c4ccc5c(ccc6[nH]c(C7CCCN7C(=O)C(C)NC(=O)OC)nc65)c4)ccc32)[nH]1. The van der Waals surface area contributed by atoms with Crippen LogP contribution in [0, 0.1) is 0 Å². The monoisotopic (exact) mass is 808 g/mol. The molecule has 1 aliphatic heterocycles. The number of aromatic amines is 2. The van der Waals surface area contributed by atoms with Crippen molar-refractivity contribution in [2.24, 2.45) is 0 Å². The third-order valence-electron chi connectivity index (χ3n) is 11.5. The van der Waals surface area contributed by atoms with Gasteiger partial charge in [0.2, 0.25) is 5.91 Å². The van der Waals surface area contributed by atoms with Gasteiger partial charge in [-0.1, -0.05) is 73.7 Å². The predicted octanol–water partition coefficient (Wildman–Crippen LogP) is 8.22. The molecule has 0 radical (unpaired) electrons. The summed E-state index contributed by atoms with van der Waals surface area (Å²) in [6, 6.07) is 27.8. The number of methoxy groups -OCH3 is 2. The van der Waals surface area contributed by atoms with Crippen LogP contribution in [0.25, 0.3) is 54.7 Å². The number of nitrogens with one attached hydrogen (secondary N) is 4. The van der Waals surface area contributed by atoms with Gasteiger partial charge in [0.25, 0.3) is 5.91 Å². The van der Waals surface area contributed by atoms with Crippen LogP contribution in [-0.4, -0.2) is 87.1 Å². The van der Waals surface area contributed by atoms with Gasteiger partial charge >= 0.3 is 12.2 Å². The van der Waals surface area contributed by atoms with Crippen molar-refractivity contribution in [2.75, 3.05) is 27.3 Å². The summed E-state index contributed by atoms with van der Waals surface area (Å²) in [5.74, 6) is 0.942. The lowest BCUT2D eigenvalue weighted by molar-refractivity contribution is -0.136. The quantitative estimate of drug-likeness (QED) is 0.101. The fourth-order valence-electron chi connectivity index (χ4n) is 8.38. The molecule has 4 unspecified atom stereocenters. The van der Waals surface area contributed by atoms with E-state index in [1.54, 1.807) is 16.7 Å². The molecule has 7 aromatic rings. The van der Waals surface area contributed by atoms with Crippen molar-refractivity contribution in [1.82, 2.24) is 40.4 Å². The van der Waals surface area contributed by atoms with Crippen LogP contribution >= 0.6 is 0 Å². The molecule has 1 fully saturated rings. The molecule has 0 spiro atoms. The minimum absolute atomic E-state index is 0.176. The number of alkyl carbamates (subject to hydrolysis) is 2. The summed E-state index contributed by atoms with van der Waals surface area (Å²) in [5, 5.41) is 9.36. The summed E-state index contributed by atoms with van der Waals surface area (Å²) in [4.78, 5) is 72.1. The average Bonchev–Trinajstić information content (AvgIpc) is 4.05. The third kappa shape index (κ3) is 7.56.